The van der Waals surface area contributed by atoms with Crippen molar-refractivity contribution in [2.24, 2.45) is 5.92 Å². The third kappa shape index (κ3) is 4.72. The highest BCUT2D eigenvalue weighted by atomic mass is 32.2. The first-order chi connectivity index (χ1) is 8.75. The van der Waals surface area contributed by atoms with Crippen LogP contribution in [0.25, 0.3) is 0 Å². The summed E-state index contributed by atoms with van der Waals surface area (Å²) in [6.07, 6.45) is 3.23. The summed E-state index contributed by atoms with van der Waals surface area (Å²) in [5.74, 6) is 1.52. The Balaban J connectivity index is 1.74. The van der Waals surface area contributed by atoms with Crippen molar-refractivity contribution < 1.29 is 8.42 Å². The zero-order valence-corrected chi connectivity index (χ0v) is 13.3. The van der Waals surface area contributed by atoms with Crippen LogP contribution < -0.4 is 5.32 Å². The Morgan fingerprint density at radius 1 is 1.16 bits per heavy atom. The maximum absolute atomic E-state index is 11.5. The van der Waals surface area contributed by atoms with E-state index in [-0.39, 0.29) is 5.54 Å². The second-order valence-electron chi connectivity index (χ2n) is 7.17. The zero-order valence-electron chi connectivity index (χ0n) is 12.5. The molecule has 0 radical (unpaired) electrons. The van der Waals surface area contributed by atoms with Crippen LogP contribution in [0.3, 0.4) is 0 Å². The van der Waals surface area contributed by atoms with Crippen LogP contribution in [0.5, 0.6) is 0 Å². The van der Waals surface area contributed by atoms with Crippen LogP contribution in [0.4, 0.5) is 0 Å². The molecule has 19 heavy (non-hydrogen) atoms. The molecule has 4 nitrogen and oxygen atoms in total. The second kappa shape index (κ2) is 5.70. The molecule has 2 saturated heterocycles. The monoisotopic (exact) mass is 288 g/mol. The minimum Gasteiger partial charge on any atom is -0.312 e. The van der Waals surface area contributed by atoms with Crippen molar-refractivity contribution in [2.45, 2.75) is 51.6 Å². The molecule has 1 unspecified atom stereocenters. The molecule has 2 aliphatic rings. The van der Waals surface area contributed by atoms with Gasteiger partial charge in [0.05, 0.1) is 11.5 Å². The van der Waals surface area contributed by atoms with Crippen LogP contribution in [-0.2, 0) is 9.84 Å². The van der Waals surface area contributed by atoms with Crippen LogP contribution in [0.15, 0.2) is 0 Å². The van der Waals surface area contributed by atoms with Gasteiger partial charge in [-0.2, -0.15) is 0 Å². The van der Waals surface area contributed by atoms with E-state index in [9.17, 15) is 8.42 Å². The van der Waals surface area contributed by atoms with Gasteiger partial charge in [-0.1, -0.05) is 0 Å². The minimum absolute atomic E-state index is 0.191. The van der Waals surface area contributed by atoms with Gasteiger partial charge in [0, 0.05) is 11.6 Å². The number of hydrogen-bond acceptors (Lipinski definition) is 4. The van der Waals surface area contributed by atoms with Gasteiger partial charge < -0.3 is 5.32 Å². The van der Waals surface area contributed by atoms with E-state index < -0.39 is 9.84 Å². The molecule has 0 aromatic carbocycles. The van der Waals surface area contributed by atoms with Crippen molar-refractivity contribution >= 4 is 9.84 Å². The van der Waals surface area contributed by atoms with E-state index in [1.54, 1.807) is 0 Å². The van der Waals surface area contributed by atoms with E-state index in [4.69, 9.17) is 0 Å². The topological polar surface area (TPSA) is 49.4 Å². The van der Waals surface area contributed by atoms with Crippen molar-refractivity contribution in [2.75, 3.05) is 31.1 Å². The first-order valence-corrected chi connectivity index (χ1v) is 9.27. The number of sulfone groups is 1. The molecular weight excluding hydrogens is 260 g/mol. The van der Waals surface area contributed by atoms with Crippen LogP contribution in [-0.4, -0.2) is 56.0 Å². The Hall–Kier alpha value is -0.130. The first kappa shape index (κ1) is 15.3. The van der Waals surface area contributed by atoms with Gasteiger partial charge in [-0.3, -0.25) is 4.90 Å². The number of piperidine rings is 1. The lowest BCUT2D eigenvalue weighted by Gasteiger charge is -2.36. The van der Waals surface area contributed by atoms with Crippen LogP contribution in [0, 0.1) is 5.92 Å². The van der Waals surface area contributed by atoms with Crippen molar-refractivity contribution in [3.8, 4) is 0 Å². The summed E-state index contributed by atoms with van der Waals surface area (Å²) < 4.78 is 23.0. The highest BCUT2D eigenvalue weighted by Gasteiger charge is 2.34. The molecule has 1 atom stereocenters. The maximum Gasteiger partial charge on any atom is 0.151 e. The van der Waals surface area contributed by atoms with Gasteiger partial charge in [0.15, 0.2) is 9.84 Å². The summed E-state index contributed by atoms with van der Waals surface area (Å²) in [6, 6.07) is 0.293. The van der Waals surface area contributed by atoms with Gasteiger partial charge in [0.2, 0.25) is 0 Å². The number of likely N-dealkylation sites (tertiary alicyclic amines) is 1. The number of rotatable bonds is 3. The summed E-state index contributed by atoms with van der Waals surface area (Å²) >= 11 is 0. The fourth-order valence-electron chi connectivity index (χ4n) is 3.04. The van der Waals surface area contributed by atoms with Gasteiger partial charge in [0.25, 0.3) is 0 Å². The molecule has 1 N–H and O–H groups in total. The quantitative estimate of drug-likeness (QED) is 0.850. The molecule has 0 aliphatic carbocycles. The summed E-state index contributed by atoms with van der Waals surface area (Å²) in [5.41, 5.74) is 0.191. The Morgan fingerprint density at radius 3 is 2.26 bits per heavy atom. The molecule has 2 heterocycles. The molecule has 2 aliphatic heterocycles. The molecule has 0 aromatic heterocycles. The van der Waals surface area contributed by atoms with Gasteiger partial charge in [-0.15, -0.1) is 0 Å². The standard InChI is InChI=1S/C14H28N2O2S/c1-14(2,3)15-10-12-4-7-16(8-5-12)13-6-9-19(17,18)11-13/h12-13,15H,4-11H2,1-3H3. The molecule has 2 fully saturated rings. The molecular formula is C14H28N2O2S. The Morgan fingerprint density at radius 2 is 1.79 bits per heavy atom. The molecule has 5 heteroatoms. The number of nitrogens with zero attached hydrogens (tertiary/aromatic N) is 1. The van der Waals surface area contributed by atoms with Crippen molar-refractivity contribution in [3.63, 3.8) is 0 Å². The molecule has 112 valence electrons. The molecule has 0 saturated carbocycles. The third-order valence-electron chi connectivity index (χ3n) is 4.29. The average molecular weight is 288 g/mol. The van der Waals surface area contributed by atoms with Crippen molar-refractivity contribution in [3.05, 3.63) is 0 Å². The van der Waals surface area contributed by atoms with E-state index in [0.717, 1.165) is 32.0 Å². The summed E-state index contributed by atoms with van der Waals surface area (Å²) in [7, 11) is -2.74. The predicted octanol–water partition coefficient (Wildman–Crippen LogP) is 1.27. The van der Waals surface area contributed by atoms with E-state index in [2.05, 4.69) is 31.0 Å². The van der Waals surface area contributed by atoms with E-state index in [1.807, 2.05) is 0 Å². The summed E-state index contributed by atoms with van der Waals surface area (Å²) in [4.78, 5) is 2.40. The van der Waals surface area contributed by atoms with Gasteiger partial charge in [-0.25, -0.2) is 8.42 Å². The van der Waals surface area contributed by atoms with Crippen molar-refractivity contribution in [1.82, 2.24) is 10.2 Å². The second-order valence-corrected chi connectivity index (χ2v) is 9.40. The highest BCUT2D eigenvalue weighted by molar-refractivity contribution is 7.91. The van der Waals surface area contributed by atoms with Crippen LogP contribution in [0.1, 0.15) is 40.0 Å². The lowest BCUT2D eigenvalue weighted by atomic mass is 9.94. The predicted molar refractivity (Wildman–Crippen MR) is 79.1 cm³/mol. The summed E-state index contributed by atoms with van der Waals surface area (Å²) in [5, 5.41) is 3.57. The molecule has 0 amide bonds. The lowest BCUT2D eigenvalue weighted by molar-refractivity contribution is 0.139. The summed E-state index contributed by atoms with van der Waals surface area (Å²) in [6.45, 7) is 9.82. The maximum atomic E-state index is 11.5. The minimum atomic E-state index is -2.74. The highest BCUT2D eigenvalue weighted by Crippen LogP contribution is 2.24. The van der Waals surface area contributed by atoms with Crippen LogP contribution in [0.2, 0.25) is 0 Å². The smallest absolute Gasteiger partial charge is 0.151 e. The molecule has 0 aromatic rings. The molecule has 0 bridgehead atoms. The van der Waals surface area contributed by atoms with E-state index >= 15 is 0 Å². The lowest BCUT2D eigenvalue weighted by Crippen LogP contribution is -2.46. The largest absolute Gasteiger partial charge is 0.312 e. The zero-order chi connectivity index (χ0) is 14.1. The molecule has 2 rings (SSSR count). The van der Waals surface area contributed by atoms with Crippen molar-refractivity contribution in [1.29, 1.82) is 0 Å². The first-order valence-electron chi connectivity index (χ1n) is 7.45. The van der Waals surface area contributed by atoms with Gasteiger partial charge in [0.1, 0.15) is 0 Å². The average Bonchev–Trinajstić information content (AvgIpc) is 2.67. The van der Waals surface area contributed by atoms with E-state index in [0.29, 0.717) is 17.5 Å². The number of nitrogens with one attached hydrogen (secondary N) is 1. The SMILES string of the molecule is CC(C)(C)NCC1CCN(C2CCS(=O)(=O)C2)CC1. The fraction of sp³-hybridized carbons (Fsp3) is 1.00. The third-order valence-corrected chi connectivity index (χ3v) is 6.05. The normalized spacial score (nSPS) is 29.7. The Bertz CT molecular complexity index is 392. The van der Waals surface area contributed by atoms with E-state index in [1.165, 1.54) is 12.8 Å². The fourth-order valence-corrected chi connectivity index (χ4v) is 4.80. The Kier molecular flexibility index (Phi) is 4.58. The number of hydrogen-bond donors (Lipinski definition) is 1. The van der Waals surface area contributed by atoms with Crippen LogP contribution >= 0.6 is 0 Å². The Labute approximate surface area is 117 Å². The van der Waals surface area contributed by atoms with Gasteiger partial charge in [-0.05, 0) is 65.6 Å². The van der Waals surface area contributed by atoms with Gasteiger partial charge >= 0.3 is 0 Å². The molecule has 0 spiro atoms.